The van der Waals surface area contributed by atoms with E-state index >= 15 is 0 Å². The molecule has 2 aliphatic heterocycles. The summed E-state index contributed by atoms with van der Waals surface area (Å²) in [6.07, 6.45) is 8.61. The second-order valence-electron chi connectivity index (χ2n) is 3.78. The van der Waals surface area contributed by atoms with Crippen LogP contribution in [-0.2, 0) is 0 Å². The number of allylic oxidation sites excluding steroid dienone is 1. The van der Waals surface area contributed by atoms with Gasteiger partial charge in [-0.15, -0.1) is 0 Å². The van der Waals surface area contributed by atoms with Gasteiger partial charge in [0.2, 0.25) is 0 Å². The predicted octanol–water partition coefficient (Wildman–Crippen LogP) is 0.984. The Bertz CT molecular complexity index is 222. The second-order valence-corrected chi connectivity index (χ2v) is 3.78. The van der Waals surface area contributed by atoms with E-state index in [0.29, 0.717) is 12.1 Å². The van der Waals surface area contributed by atoms with Crippen LogP contribution in [0.2, 0.25) is 0 Å². The van der Waals surface area contributed by atoms with Crippen LogP contribution in [0.5, 0.6) is 0 Å². The highest BCUT2D eigenvalue weighted by Crippen LogP contribution is 2.16. The van der Waals surface area contributed by atoms with Crippen LogP contribution in [0.1, 0.15) is 19.8 Å². The second kappa shape index (κ2) is 3.92. The van der Waals surface area contributed by atoms with Crippen LogP contribution < -0.4 is 5.32 Å². The zero-order chi connectivity index (χ0) is 9.10. The Morgan fingerprint density at radius 3 is 3.15 bits per heavy atom. The fraction of sp³-hybridized carbons (Fsp3) is 0.700. The molecule has 2 unspecified atom stereocenters. The average molecular weight is 179 g/mol. The molecule has 0 saturated carbocycles. The summed E-state index contributed by atoms with van der Waals surface area (Å²) in [5.74, 6) is 0. The highest BCUT2D eigenvalue weighted by Gasteiger charge is 2.24. The van der Waals surface area contributed by atoms with Crippen molar-refractivity contribution in [1.82, 2.24) is 10.2 Å². The molecular formula is C10H17N3. The summed E-state index contributed by atoms with van der Waals surface area (Å²) >= 11 is 0. The van der Waals surface area contributed by atoms with Crippen LogP contribution in [0.4, 0.5) is 0 Å². The van der Waals surface area contributed by atoms with E-state index in [-0.39, 0.29) is 0 Å². The predicted molar refractivity (Wildman–Crippen MR) is 54.8 cm³/mol. The third-order valence-electron chi connectivity index (χ3n) is 2.86. The van der Waals surface area contributed by atoms with Gasteiger partial charge in [-0.1, -0.05) is 0 Å². The smallest absolute Gasteiger partial charge is 0.110 e. The molecule has 2 atom stereocenters. The summed E-state index contributed by atoms with van der Waals surface area (Å²) < 4.78 is 0. The van der Waals surface area contributed by atoms with E-state index in [1.165, 1.54) is 19.4 Å². The standard InChI is InChI=1S/C10H17N3/c1-9-10(4-2-6-12-9)13-7-3-5-11-8-13/h3,5,7,9-10,12H,2,4,6,8H2,1H3. The molecule has 0 aromatic carbocycles. The Morgan fingerprint density at radius 1 is 1.54 bits per heavy atom. The maximum Gasteiger partial charge on any atom is 0.110 e. The quantitative estimate of drug-likeness (QED) is 0.650. The van der Waals surface area contributed by atoms with Gasteiger partial charge >= 0.3 is 0 Å². The minimum absolute atomic E-state index is 0.590. The van der Waals surface area contributed by atoms with Crippen LogP contribution in [0.25, 0.3) is 0 Å². The molecular weight excluding hydrogens is 162 g/mol. The Hall–Kier alpha value is -0.830. The van der Waals surface area contributed by atoms with Crippen LogP contribution in [0.3, 0.4) is 0 Å². The molecule has 72 valence electrons. The van der Waals surface area contributed by atoms with E-state index in [0.717, 1.165) is 6.67 Å². The number of hydrogen-bond donors (Lipinski definition) is 1. The Kier molecular flexibility index (Phi) is 2.64. The van der Waals surface area contributed by atoms with Gasteiger partial charge in [-0.25, -0.2) is 0 Å². The van der Waals surface area contributed by atoms with E-state index in [2.05, 4.69) is 28.3 Å². The lowest BCUT2D eigenvalue weighted by molar-refractivity contribution is 0.190. The van der Waals surface area contributed by atoms with Gasteiger partial charge in [0.1, 0.15) is 6.67 Å². The van der Waals surface area contributed by atoms with Gasteiger partial charge in [0.15, 0.2) is 0 Å². The molecule has 0 amide bonds. The topological polar surface area (TPSA) is 27.6 Å². The summed E-state index contributed by atoms with van der Waals surface area (Å²) in [6.45, 7) is 4.25. The first-order chi connectivity index (χ1) is 6.38. The van der Waals surface area contributed by atoms with Gasteiger partial charge in [-0.05, 0) is 32.4 Å². The Balaban J connectivity index is 1.98. The molecule has 0 spiro atoms. The zero-order valence-corrected chi connectivity index (χ0v) is 8.11. The summed E-state index contributed by atoms with van der Waals surface area (Å²) in [4.78, 5) is 6.58. The number of piperidine rings is 1. The van der Waals surface area contributed by atoms with Crippen LogP contribution >= 0.6 is 0 Å². The first-order valence-corrected chi connectivity index (χ1v) is 5.03. The van der Waals surface area contributed by atoms with Gasteiger partial charge < -0.3 is 10.2 Å². The van der Waals surface area contributed by atoms with Crippen molar-refractivity contribution in [2.24, 2.45) is 4.99 Å². The maximum absolute atomic E-state index is 4.25. The van der Waals surface area contributed by atoms with E-state index in [1.54, 1.807) is 0 Å². The third-order valence-corrected chi connectivity index (χ3v) is 2.86. The molecule has 2 heterocycles. The molecule has 3 heteroatoms. The number of aliphatic imine (C=N–C) groups is 1. The Labute approximate surface area is 79.5 Å². The summed E-state index contributed by atoms with van der Waals surface area (Å²) in [5.41, 5.74) is 0. The molecule has 0 aliphatic carbocycles. The first-order valence-electron chi connectivity index (χ1n) is 5.03. The largest absolute Gasteiger partial charge is 0.354 e. The molecule has 1 saturated heterocycles. The van der Waals surface area contributed by atoms with Crippen molar-refractivity contribution in [3.8, 4) is 0 Å². The average Bonchev–Trinajstić information content (AvgIpc) is 2.20. The van der Waals surface area contributed by atoms with E-state index in [9.17, 15) is 0 Å². The molecule has 0 radical (unpaired) electrons. The number of nitrogens with one attached hydrogen (secondary N) is 1. The van der Waals surface area contributed by atoms with Crippen molar-refractivity contribution in [3.05, 3.63) is 12.3 Å². The highest BCUT2D eigenvalue weighted by atomic mass is 15.2. The molecule has 0 bridgehead atoms. The van der Waals surface area contributed by atoms with Crippen molar-refractivity contribution >= 4 is 6.21 Å². The fourth-order valence-corrected chi connectivity index (χ4v) is 2.09. The number of hydrogen-bond acceptors (Lipinski definition) is 3. The first kappa shape index (κ1) is 8.75. The minimum atomic E-state index is 0.590. The Morgan fingerprint density at radius 2 is 2.46 bits per heavy atom. The normalized spacial score (nSPS) is 33.8. The molecule has 2 aliphatic rings. The van der Waals surface area contributed by atoms with E-state index in [4.69, 9.17) is 0 Å². The maximum atomic E-state index is 4.25. The van der Waals surface area contributed by atoms with Crippen molar-refractivity contribution in [1.29, 1.82) is 0 Å². The SMILES string of the molecule is CC1NCCCC1N1C=CC=NC1. The molecule has 0 aromatic heterocycles. The van der Waals surface area contributed by atoms with Gasteiger partial charge in [-0.2, -0.15) is 0 Å². The molecule has 1 N–H and O–H groups in total. The summed E-state index contributed by atoms with van der Waals surface area (Å²) in [7, 11) is 0. The monoisotopic (exact) mass is 179 g/mol. The molecule has 2 rings (SSSR count). The van der Waals surface area contributed by atoms with Crippen molar-refractivity contribution in [2.75, 3.05) is 13.2 Å². The number of rotatable bonds is 1. The van der Waals surface area contributed by atoms with Crippen molar-refractivity contribution < 1.29 is 0 Å². The number of nitrogens with zero attached hydrogens (tertiary/aromatic N) is 2. The zero-order valence-electron chi connectivity index (χ0n) is 8.11. The highest BCUT2D eigenvalue weighted by molar-refractivity contribution is 5.71. The molecule has 0 aromatic rings. The van der Waals surface area contributed by atoms with E-state index in [1.807, 2.05) is 12.3 Å². The van der Waals surface area contributed by atoms with Gasteiger partial charge in [0, 0.05) is 24.5 Å². The molecule has 1 fully saturated rings. The summed E-state index contributed by atoms with van der Waals surface area (Å²) in [6, 6.07) is 1.22. The van der Waals surface area contributed by atoms with E-state index < -0.39 is 0 Å². The molecule has 13 heavy (non-hydrogen) atoms. The fourth-order valence-electron chi connectivity index (χ4n) is 2.09. The van der Waals surface area contributed by atoms with Crippen LogP contribution in [-0.4, -0.2) is 36.4 Å². The van der Waals surface area contributed by atoms with Crippen LogP contribution in [0.15, 0.2) is 17.3 Å². The lowest BCUT2D eigenvalue weighted by atomic mass is 9.98. The van der Waals surface area contributed by atoms with Crippen LogP contribution in [0, 0.1) is 0 Å². The lowest BCUT2D eigenvalue weighted by Gasteiger charge is -2.38. The van der Waals surface area contributed by atoms with Crippen molar-refractivity contribution in [2.45, 2.75) is 31.8 Å². The van der Waals surface area contributed by atoms with Crippen molar-refractivity contribution in [3.63, 3.8) is 0 Å². The van der Waals surface area contributed by atoms with Gasteiger partial charge in [-0.3, -0.25) is 4.99 Å². The summed E-state index contributed by atoms with van der Waals surface area (Å²) in [5, 5.41) is 3.50. The van der Waals surface area contributed by atoms with Gasteiger partial charge in [0.05, 0.1) is 0 Å². The third kappa shape index (κ3) is 1.91. The van der Waals surface area contributed by atoms with Gasteiger partial charge in [0.25, 0.3) is 0 Å². The minimum Gasteiger partial charge on any atom is -0.354 e. The lowest BCUT2D eigenvalue weighted by Crippen LogP contribution is -2.50. The molecule has 3 nitrogen and oxygen atoms in total.